The molecule has 0 fully saturated rings. The van der Waals surface area contributed by atoms with Gasteiger partial charge in [-0.25, -0.2) is 0 Å². The number of aromatic nitrogens is 1. The average Bonchev–Trinajstić information content (AvgIpc) is 2.25. The molecule has 0 amide bonds. The Morgan fingerprint density at radius 3 is 3.00 bits per heavy atom. The zero-order valence-corrected chi connectivity index (χ0v) is 7.54. The van der Waals surface area contributed by atoms with Gasteiger partial charge in [0.05, 0.1) is 5.69 Å². The smallest absolute Gasteiger partial charge is 0.0507 e. The van der Waals surface area contributed by atoms with Gasteiger partial charge < -0.3 is 5.73 Å². The largest absolute Gasteiger partial charge is 0.327 e. The van der Waals surface area contributed by atoms with Gasteiger partial charge in [0.1, 0.15) is 0 Å². The molecule has 12 heavy (non-hydrogen) atoms. The van der Waals surface area contributed by atoms with Gasteiger partial charge in [0.25, 0.3) is 0 Å². The minimum absolute atomic E-state index is 0.0522. The van der Waals surface area contributed by atoms with E-state index in [0.29, 0.717) is 0 Å². The molecule has 0 aliphatic heterocycles. The van der Waals surface area contributed by atoms with Crippen molar-refractivity contribution in [1.29, 1.82) is 0 Å². The quantitative estimate of drug-likeness (QED) is 0.623. The van der Waals surface area contributed by atoms with Gasteiger partial charge in [-0.2, -0.15) is 0 Å². The number of rotatable bonds is 0. The molecule has 0 bridgehead atoms. The Morgan fingerprint density at radius 2 is 2.33 bits per heavy atom. The lowest BCUT2D eigenvalue weighted by Crippen LogP contribution is -2.37. The molecule has 1 aromatic rings. The van der Waals surface area contributed by atoms with Gasteiger partial charge in [0.2, 0.25) is 0 Å². The number of hydrogen-bond acceptors (Lipinski definition) is 2. The number of nitrogens with two attached hydrogens (primary N) is 1. The van der Waals surface area contributed by atoms with Crippen molar-refractivity contribution < 1.29 is 0 Å². The number of nitrogens with zero attached hydrogens (tertiary/aromatic N) is 1. The molecule has 2 nitrogen and oxygen atoms in total. The third-order valence-corrected chi connectivity index (χ3v) is 2.87. The molecule has 2 heteroatoms. The van der Waals surface area contributed by atoms with Gasteiger partial charge in [-0.1, -0.05) is 19.9 Å². The first-order chi connectivity index (χ1) is 5.62. The molecule has 0 saturated carbocycles. The molecule has 0 saturated heterocycles. The topological polar surface area (TPSA) is 38.9 Å². The van der Waals surface area contributed by atoms with Crippen LogP contribution in [0.3, 0.4) is 0 Å². The van der Waals surface area contributed by atoms with Crippen LogP contribution in [-0.2, 0) is 11.8 Å². The Bertz CT molecular complexity index is 304. The van der Waals surface area contributed by atoms with Crippen LogP contribution in [0, 0.1) is 0 Å². The third kappa shape index (κ3) is 0.879. The van der Waals surface area contributed by atoms with E-state index < -0.39 is 0 Å². The molecule has 2 N–H and O–H groups in total. The highest BCUT2D eigenvalue weighted by atomic mass is 14.8. The summed E-state index contributed by atoms with van der Waals surface area (Å²) in [6, 6.07) is 4.33. The fourth-order valence-corrected chi connectivity index (χ4v) is 1.85. The number of pyridine rings is 1. The fourth-order valence-electron chi connectivity index (χ4n) is 1.85. The van der Waals surface area contributed by atoms with Crippen LogP contribution in [0.4, 0.5) is 0 Å². The Hall–Kier alpha value is -0.890. The molecule has 1 atom stereocenters. The normalized spacial score (nSPS) is 25.4. The van der Waals surface area contributed by atoms with E-state index in [-0.39, 0.29) is 11.5 Å². The predicted molar refractivity (Wildman–Crippen MR) is 48.9 cm³/mol. The van der Waals surface area contributed by atoms with Crippen LogP contribution in [-0.4, -0.2) is 11.0 Å². The maximum absolute atomic E-state index is 6.02. The number of fused-ring (bicyclic) bond motifs is 1. The van der Waals surface area contributed by atoms with Crippen molar-refractivity contribution in [2.45, 2.75) is 31.7 Å². The van der Waals surface area contributed by atoms with E-state index in [0.717, 1.165) is 6.42 Å². The monoisotopic (exact) mass is 162 g/mol. The average molecular weight is 162 g/mol. The van der Waals surface area contributed by atoms with Gasteiger partial charge >= 0.3 is 0 Å². The fraction of sp³-hybridized carbons (Fsp3) is 0.500. The minimum Gasteiger partial charge on any atom is -0.327 e. The van der Waals surface area contributed by atoms with Gasteiger partial charge in [0.15, 0.2) is 0 Å². The molecule has 64 valence electrons. The maximum Gasteiger partial charge on any atom is 0.0507 e. The van der Waals surface area contributed by atoms with Crippen LogP contribution < -0.4 is 5.73 Å². The maximum atomic E-state index is 6.02. The highest BCUT2D eigenvalue weighted by Gasteiger charge is 2.37. The summed E-state index contributed by atoms with van der Waals surface area (Å²) in [6.45, 7) is 4.33. The van der Waals surface area contributed by atoms with Gasteiger partial charge in [-0.3, -0.25) is 4.98 Å². The lowest BCUT2D eigenvalue weighted by atomic mass is 9.87. The van der Waals surface area contributed by atoms with Crippen LogP contribution in [0.15, 0.2) is 18.3 Å². The summed E-state index contributed by atoms with van der Waals surface area (Å²) >= 11 is 0. The molecular formula is C10H14N2. The summed E-state index contributed by atoms with van der Waals surface area (Å²) in [5.74, 6) is 0. The highest BCUT2D eigenvalue weighted by Crippen LogP contribution is 2.35. The van der Waals surface area contributed by atoms with E-state index >= 15 is 0 Å². The zero-order valence-electron chi connectivity index (χ0n) is 7.54. The Labute approximate surface area is 72.8 Å². The van der Waals surface area contributed by atoms with Crippen LogP contribution in [0.25, 0.3) is 0 Å². The molecule has 1 aliphatic rings. The second-order valence-corrected chi connectivity index (χ2v) is 4.04. The lowest BCUT2D eigenvalue weighted by Gasteiger charge is -2.23. The third-order valence-electron chi connectivity index (χ3n) is 2.87. The SMILES string of the molecule is CC1(C)c2ncccc2C[C@H]1N. The summed E-state index contributed by atoms with van der Waals surface area (Å²) < 4.78 is 0. The molecular weight excluding hydrogens is 148 g/mol. The van der Waals surface area contributed by atoms with Gasteiger partial charge in [-0.05, 0) is 18.1 Å². The highest BCUT2D eigenvalue weighted by molar-refractivity contribution is 5.35. The Morgan fingerprint density at radius 1 is 1.58 bits per heavy atom. The lowest BCUT2D eigenvalue weighted by molar-refractivity contribution is 0.436. The van der Waals surface area contributed by atoms with E-state index in [4.69, 9.17) is 5.73 Å². The molecule has 1 aromatic heterocycles. The molecule has 2 rings (SSSR count). The van der Waals surface area contributed by atoms with E-state index in [2.05, 4.69) is 24.9 Å². The predicted octanol–water partition coefficient (Wildman–Crippen LogP) is 1.24. The number of hydrogen-bond donors (Lipinski definition) is 1. The molecule has 1 aliphatic carbocycles. The summed E-state index contributed by atoms with van der Waals surface area (Å²) in [6.07, 6.45) is 2.81. The van der Waals surface area contributed by atoms with Crippen molar-refractivity contribution >= 4 is 0 Å². The van der Waals surface area contributed by atoms with Crippen molar-refractivity contribution in [2.24, 2.45) is 5.73 Å². The van der Waals surface area contributed by atoms with E-state index in [1.54, 1.807) is 0 Å². The van der Waals surface area contributed by atoms with Crippen molar-refractivity contribution in [2.75, 3.05) is 0 Å². The second kappa shape index (κ2) is 2.30. The van der Waals surface area contributed by atoms with Crippen LogP contribution >= 0.6 is 0 Å². The molecule has 0 aromatic carbocycles. The van der Waals surface area contributed by atoms with Crippen LogP contribution in [0.5, 0.6) is 0 Å². The summed E-state index contributed by atoms with van der Waals surface area (Å²) in [7, 11) is 0. The molecule has 0 unspecified atom stereocenters. The molecule has 1 heterocycles. The van der Waals surface area contributed by atoms with E-state index in [9.17, 15) is 0 Å². The first-order valence-electron chi connectivity index (χ1n) is 4.32. The summed E-state index contributed by atoms with van der Waals surface area (Å²) in [5, 5.41) is 0. The summed E-state index contributed by atoms with van der Waals surface area (Å²) in [5.41, 5.74) is 8.57. The standard InChI is InChI=1S/C10H14N2/c1-10(2)8(11)6-7-4-3-5-12-9(7)10/h3-5,8H,6,11H2,1-2H3/t8-/m1/s1. The van der Waals surface area contributed by atoms with Gasteiger partial charge in [-0.15, -0.1) is 0 Å². The summed E-state index contributed by atoms with van der Waals surface area (Å²) in [4.78, 5) is 4.38. The molecule has 0 radical (unpaired) electrons. The Kier molecular flexibility index (Phi) is 1.48. The van der Waals surface area contributed by atoms with E-state index in [1.165, 1.54) is 11.3 Å². The van der Waals surface area contributed by atoms with Crippen LogP contribution in [0.1, 0.15) is 25.1 Å². The second-order valence-electron chi connectivity index (χ2n) is 4.04. The zero-order chi connectivity index (χ0) is 8.77. The molecule has 0 spiro atoms. The van der Waals surface area contributed by atoms with Gasteiger partial charge in [0, 0.05) is 17.7 Å². The first kappa shape index (κ1) is 7.74. The Balaban J connectivity index is 2.55. The minimum atomic E-state index is 0.0522. The van der Waals surface area contributed by atoms with Crippen molar-refractivity contribution in [3.63, 3.8) is 0 Å². The van der Waals surface area contributed by atoms with E-state index in [1.807, 2.05) is 12.3 Å². The van der Waals surface area contributed by atoms with Crippen molar-refractivity contribution in [1.82, 2.24) is 4.98 Å². The van der Waals surface area contributed by atoms with Crippen LogP contribution in [0.2, 0.25) is 0 Å². The first-order valence-corrected chi connectivity index (χ1v) is 4.32. The van der Waals surface area contributed by atoms with Crippen molar-refractivity contribution in [3.8, 4) is 0 Å². The van der Waals surface area contributed by atoms with Crippen molar-refractivity contribution in [3.05, 3.63) is 29.6 Å².